The molecule has 1 aliphatic carbocycles. The third-order valence-corrected chi connectivity index (χ3v) is 7.13. The van der Waals surface area contributed by atoms with E-state index in [2.05, 4.69) is 15.3 Å². The summed E-state index contributed by atoms with van der Waals surface area (Å²) in [7, 11) is 1.61. The maximum Gasteiger partial charge on any atom is 0.332 e. The Bertz CT molecular complexity index is 1560. The monoisotopic (exact) mass is 520 g/mol. The standard InChI is InChI=1S/C27H32N6O5/c1-3-31-25(36)23-24(32(12-13-34)27(31)37)30-26(29-20-7-4-8-21(20)35)33(23)16-17-9-10-22(38-2)19(14-17)18-6-5-11-28-15-18/h5-6,9-11,14-15,20-21,34-35H,3-4,7-8,12-13,16H2,1-2H3,(H,29,30)/t20-,21-/m1/s1. The Kier molecular flexibility index (Phi) is 7.30. The Morgan fingerprint density at radius 3 is 2.66 bits per heavy atom. The summed E-state index contributed by atoms with van der Waals surface area (Å²) >= 11 is 0. The number of aliphatic hydroxyl groups excluding tert-OH is 2. The molecule has 0 spiro atoms. The number of aromatic nitrogens is 5. The zero-order chi connectivity index (χ0) is 26.8. The van der Waals surface area contributed by atoms with Gasteiger partial charge in [-0.2, -0.15) is 4.98 Å². The van der Waals surface area contributed by atoms with Gasteiger partial charge in [0.25, 0.3) is 5.56 Å². The van der Waals surface area contributed by atoms with E-state index in [4.69, 9.17) is 4.74 Å². The van der Waals surface area contributed by atoms with Gasteiger partial charge in [-0.15, -0.1) is 0 Å². The molecule has 2 atom stereocenters. The number of aliphatic hydroxyl groups is 2. The lowest BCUT2D eigenvalue weighted by molar-refractivity contribution is 0.171. The number of nitrogens with one attached hydrogen (secondary N) is 1. The van der Waals surface area contributed by atoms with E-state index in [1.807, 2.05) is 30.3 Å². The van der Waals surface area contributed by atoms with Crippen LogP contribution in [0.2, 0.25) is 0 Å². The molecule has 38 heavy (non-hydrogen) atoms. The highest BCUT2D eigenvalue weighted by Crippen LogP contribution is 2.32. The van der Waals surface area contributed by atoms with Gasteiger partial charge in [-0.05, 0) is 49.9 Å². The minimum absolute atomic E-state index is 0.00577. The van der Waals surface area contributed by atoms with E-state index in [1.54, 1.807) is 31.0 Å². The maximum atomic E-state index is 13.6. The summed E-state index contributed by atoms with van der Waals surface area (Å²) < 4.78 is 9.84. The van der Waals surface area contributed by atoms with Gasteiger partial charge < -0.3 is 20.3 Å². The van der Waals surface area contributed by atoms with E-state index in [0.29, 0.717) is 18.1 Å². The Morgan fingerprint density at radius 2 is 2.00 bits per heavy atom. The molecule has 200 valence electrons. The van der Waals surface area contributed by atoms with Gasteiger partial charge >= 0.3 is 5.69 Å². The second kappa shape index (κ2) is 10.8. The molecular formula is C27H32N6O5. The van der Waals surface area contributed by atoms with Crippen LogP contribution in [0.15, 0.2) is 52.3 Å². The number of benzene rings is 1. The molecule has 4 aromatic rings. The van der Waals surface area contributed by atoms with E-state index in [0.717, 1.165) is 34.1 Å². The Labute approximate surface area is 219 Å². The SMILES string of the molecule is CCn1c(=O)c2c(nc(N[C@@H]3CCC[C@H]3O)n2Cc2ccc(OC)c(-c3cccnc3)c2)n(CCO)c1=O. The van der Waals surface area contributed by atoms with Gasteiger partial charge in [-0.25, -0.2) is 4.79 Å². The molecule has 1 aromatic carbocycles. The first-order chi connectivity index (χ1) is 18.5. The highest BCUT2D eigenvalue weighted by atomic mass is 16.5. The van der Waals surface area contributed by atoms with Crippen LogP contribution < -0.4 is 21.3 Å². The molecule has 0 bridgehead atoms. The first-order valence-electron chi connectivity index (χ1n) is 12.8. The Hall–Kier alpha value is -3.96. The molecule has 5 rings (SSSR count). The van der Waals surface area contributed by atoms with Crippen molar-refractivity contribution in [2.24, 2.45) is 0 Å². The summed E-state index contributed by atoms with van der Waals surface area (Å²) in [6.07, 6.45) is 5.26. The predicted octanol–water partition coefficient (Wildman–Crippen LogP) is 1.82. The largest absolute Gasteiger partial charge is 0.496 e. The van der Waals surface area contributed by atoms with Crippen LogP contribution in [0.25, 0.3) is 22.3 Å². The van der Waals surface area contributed by atoms with Gasteiger partial charge in [-0.3, -0.25) is 23.5 Å². The van der Waals surface area contributed by atoms with Crippen molar-refractivity contribution in [3.8, 4) is 16.9 Å². The van der Waals surface area contributed by atoms with Gasteiger partial charge in [0.15, 0.2) is 11.2 Å². The predicted molar refractivity (Wildman–Crippen MR) is 144 cm³/mol. The van der Waals surface area contributed by atoms with Crippen molar-refractivity contribution < 1.29 is 14.9 Å². The van der Waals surface area contributed by atoms with Crippen LogP contribution >= 0.6 is 0 Å². The lowest BCUT2D eigenvalue weighted by atomic mass is 10.0. The normalized spacial score (nSPS) is 17.3. The van der Waals surface area contributed by atoms with Crippen molar-refractivity contribution in [2.75, 3.05) is 19.0 Å². The van der Waals surface area contributed by atoms with Crippen molar-refractivity contribution in [1.29, 1.82) is 0 Å². The number of fused-ring (bicyclic) bond motifs is 1. The van der Waals surface area contributed by atoms with E-state index in [9.17, 15) is 19.8 Å². The summed E-state index contributed by atoms with van der Waals surface area (Å²) in [6.45, 7) is 1.92. The lowest BCUT2D eigenvalue weighted by Gasteiger charge is -2.19. The van der Waals surface area contributed by atoms with E-state index in [-0.39, 0.29) is 43.4 Å². The van der Waals surface area contributed by atoms with E-state index >= 15 is 0 Å². The number of hydrogen-bond acceptors (Lipinski definition) is 8. The van der Waals surface area contributed by atoms with Crippen LogP contribution in [0, 0.1) is 0 Å². The molecular weight excluding hydrogens is 488 g/mol. The van der Waals surface area contributed by atoms with E-state index < -0.39 is 17.4 Å². The first kappa shape index (κ1) is 25.7. The van der Waals surface area contributed by atoms with Crippen molar-refractivity contribution in [3.05, 3.63) is 69.1 Å². The molecule has 0 amide bonds. The first-order valence-corrected chi connectivity index (χ1v) is 12.8. The molecule has 1 fully saturated rings. The zero-order valence-electron chi connectivity index (χ0n) is 21.5. The van der Waals surface area contributed by atoms with E-state index in [1.165, 1.54) is 4.57 Å². The van der Waals surface area contributed by atoms with Crippen LogP contribution in [0.5, 0.6) is 5.75 Å². The Balaban J connectivity index is 1.70. The highest BCUT2D eigenvalue weighted by molar-refractivity contribution is 5.75. The smallest absolute Gasteiger partial charge is 0.332 e. The van der Waals surface area contributed by atoms with Crippen molar-refractivity contribution in [1.82, 2.24) is 23.7 Å². The Morgan fingerprint density at radius 1 is 1.16 bits per heavy atom. The number of anilines is 1. The molecule has 0 aliphatic heterocycles. The lowest BCUT2D eigenvalue weighted by Crippen LogP contribution is -2.40. The molecule has 1 aliphatic rings. The maximum absolute atomic E-state index is 13.6. The molecule has 0 unspecified atom stereocenters. The van der Waals surface area contributed by atoms with Crippen molar-refractivity contribution in [3.63, 3.8) is 0 Å². The number of methoxy groups -OCH3 is 1. The number of imidazole rings is 1. The van der Waals surface area contributed by atoms with Gasteiger partial charge in [0.2, 0.25) is 5.95 Å². The van der Waals surface area contributed by atoms with Crippen LogP contribution in [-0.4, -0.2) is 59.7 Å². The van der Waals surface area contributed by atoms with Gasteiger partial charge in [0.1, 0.15) is 5.75 Å². The summed E-state index contributed by atoms with van der Waals surface area (Å²) in [4.78, 5) is 35.5. The van der Waals surface area contributed by atoms with Gasteiger partial charge in [0.05, 0.1) is 39.0 Å². The third-order valence-electron chi connectivity index (χ3n) is 7.13. The molecule has 0 radical (unpaired) electrons. The quantitative estimate of drug-likeness (QED) is 0.304. The summed E-state index contributed by atoms with van der Waals surface area (Å²) in [6, 6.07) is 9.35. The molecule has 3 heterocycles. The second-order valence-corrected chi connectivity index (χ2v) is 9.43. The fourth-order valence-electron chi connectivity index (χ4n) is 5.19. The topological polar surface area (TPSA) is 136 Å². The molecule has 11 heteroatoms. The average molecular weight is 521 g/mol. The number of pyridine rings is 1. The number of nitrogens with zero attached hydrogens (tertiary/aromatic N) is 5. The van der Waals surface area contributed by atoms with Crippen LogP contribution in [-0.2, 0) is 19.6 Å². The molecule has 11 nitrogen and oxygen atoms in total. The van der Waals surface area contributed by atoms with Crippen molar-refractivity contribution >= 4 is 17.1 Å². The second-order valence-electron chi connectivity index (χ2n) is 9.43. The summed E-state index contributed by atoms with van der Waals surface area (Å²) in [5, 5.41) is 23.5. The molecule has 3 N–H and O–H groups in total. The molecule has 0 saturated heterocycles. The number of hydrogen-bond donors (Lipinski definition) is 3. The van der Waals surface area contributed by atoms with Gasteiger partial charge in [0, 0.05) is 30.1 Å². The molecule has 1 saturated carbocycles. The number of rotatable bonds is 9. The minimum atomic E-state index is -0.534. The van der Waals surface area contributed by atoms with Crippen LogP contribution in [0.3, 0.4) is 0 Å². The minimum Gasteiger partial charge on any atom is -0.496 e. The average Bonchev–Trinajstić information content (AvgIpc) is 3.50. The highest BCUT2D eigenvalue weighted by Gasteiger charge is 2.28. The summed E-state index contributed by atoms with van der Waals surface area (Å²) in [5.74, 6) is 1.08. The van der Waals surface area contributed by atoms with Crippen molar-refractivity contribution in [2.45, 2.75) is 58.0 Å². The summed E-state index contributed by atoms with van der Waals surface area (Å²) in [5.41, 5.74) is 2.12. The zero-order valence-corrected chi connectivity index (χ0v) is 21.5. The fraction of sp³-hybridized carbons (Fsp3) is 0.407. The van der Waals surface area contributed by atoms with Gasteiger partial charge in [-0.1, -0.05) is 12.1 Å². The molecule has 3 aromatic heterocycles. The van der Waals surface area contributed by atoms with Crippen LogP contribution in [0.4, 0.5) is 5.95 Å². The fourth-order valence-corrected chi connectivity index (χ4v) is 5.19. The third kappa shape index (κ3) is 4.59. The number of ether oxygens (including phenoxy) is 1. The van der Waals surface area contributed by atoms with Crippen LogP contribution in [0.1, 0.15) is 31.7 Å².